The van der Waals surface area contributed by atoms with Gasteiger partial charge in [0.25, 0.3) is 5.91 Å². The first-order chi connectivity index (χ1) is 14.3. The summed E-state index contributed by atoms with van der Waals surface area (Å²) in [5.74, 6) is 0.288. The van der Waals surface area contributed by atoms with Gasteiger partial charge in [0.2, 0.25) is 5.91 Å². The van der Waals surface area contributed by atoms with Crippen molar-refractivity contribution in [3.05, 3.63) is 47.2 Å². The van der Waals surface area contributed by atoms with Crippen LogP contribution in [-0.4, -0.2) is 39.6 Å². The molecule has 1 N–H and O–H groups in total. The number of anilines is 1. The van der Waals surface area contributed by atoms with Gasteiger partial charge in [-0.3, -0.25) is 14.3 Å². The van der Waals surface area contributed by atoms with Crippen LogP contribution >= 0.6 is 0 Å². The Morgan fingerprint density at radius 1 is 1.03 bits per heavy atom. The number of rotatable bonds is 7. The zero-order valence-corrected chi connectivity index (χ0v) is 20.4. The molecule has 1 aromatic carbocycles. The maximum absolute atomic E-state index is 13.1. The van der Waals surface area contributed by atoms with Crippen LogP contribution in [-0.2, 0) is 22.7 Å². The molecule has 0 bridgehead atoms. The average molecular weight is 427 g/mol. The van der Waals surface area contributed by atoms with E-state index in [9.17, 15) is 9.59 Å². The van der Waals surface area contributed by atoms with Crippen LogP contribution in [0.2, 0.25) is 0 Å². The molecule has 0 unspecified atom stereocenters. The lowest BCUT2D eigenvalue weighted by molar-refractivity contribution is -0.117. The summed E-state index contributed by atoms with van der Waals surface area (Å²) in [6.45, 7) is 15.3. The predicted octanol–water partition coefficient (Wildman–Crippen LogP) is 4.90. The minimum Gasteiger partial charge on any atom is -0.329 e. The summed E-state index contributed by atoms with van der Waals surface area (Å²) < 4.78 is 1.67. The third kappa shape index (κ3) is 6.68. The maximum Gasteiger partial charge on any atom is 0.254 e. The van der Waals surface area contributed by atoms with Crippen molar-refractivity contribution < 1.29 is 9.59 Å². The number of carbonyl (C=O) groups excluding carboxylic acids is 2. The number of carbonyl (C=O) groups is 2. The van der Waals surface area contributed by atoms with Crippen LogP contribution in [0.4, 0.5) is 5.82 Å². The molecule has 0 aliphatic carbocycles. The SMILES string of the molecule is CCCCN(CC(=O)Nc1cc(C(C)(C)C)nn1C)C(=O)c1ccc(C(C)(C)C)cc1. The normalized spacial score (nSPS) is 12.0. The van der Waals surface area contributed by atoms with Gasteiger partial charge >= 0.3 is 0 Å². The third-order valence-electron chi connectivity index (χ3n) is 5.32. The summed E-state index contributed by atoms with van der Waals surface area (Å²) in [6.07, 6.45) is 1.80. The fraction of sp³-hybridized carbons (Fsp3) is 0.560. The highest BCUT2D eigenvalue weighted by Gasteiger charge is 2.22. The summed E-state index contributed by atoms with van der Waals surface area (Å²) in [5.41, 5.74) is 2.60. The Bertz CT molecular complexity index is 899. The van der Waals surface area contributed by atoms with Crippen molar-refractivity contribution in [3.8, 4) is 0 Å². The van der Waals surface area contributed by atoms with E-state index in [-0.39, 0.29) is 29.2 Å². The molecule has 0 atom stereocenters. The quantitative estimate of drug-likeness (QED) is 0.685. The van der Waals surface area contributed by atoms with E-state index < -0.39 is 0 Å². The van der Waals surface area contributed by atoms with Crippen LogP contribution in [0.5, 0.6) is 0 Å². The number of benzene rings is 1. The second-order valence-electron chi connectivity index (χ2n) is 10.2. The topological polar surface area (TPSA) is 67.2 Å². The van der Waals surface area contributed by atoms with Crippen molar-refractivity contribution in [1.29, 1.82) is 0 Å². The van der Waals surface area contributed by atoms with Gasteiger partial charge in [-0.15, -0.1) is 0 Å². The smallest absolute Gasteiger partial charge is 0.254 e. The fourth-order valence-electron chi connectivity index (χ4n) is 3.20. The summed E-state index contributed by atoms with van der Waals surface area (Å²) in [7, 11) is 1.81. The Labute approximate surface area is 187 Å². The van der Waals surface area contributed by atoms with Gasteiger partial charge in [0.05, 0.1) is 5.69 Å². The van der Waals surface area contributed by atoms with Gasteiger partial charge in [0.15, 0.2) is 0 Å². The van der Waals surface area contributed by atoms with Crippen molar-refractivity contribution in [3.63, 3.8) is 0 Å². The van der Waals surface area contributed by atoms with E-state index in [0.29, 0.717) is 17.9 Å². The standard InChI is InChI=1S/C25H38N4O2/c1-9-10-15-29(23(31)18-11-13-19(14-12-18)24(2,3)4)17-22(30)26-21-16-20(25(5,6)7)27-28(21)8/h11-14,16H,9-10,15,17H2,1-8H3,(H,26,30). The molecule has 2 aromatic rings. The van der Waals surface area contributed by atoms with Crippen molar-refractivity contribution >= 4 is 17.6 Å². The summed E-state index contributed by atoms with van der Waals surface area (Å²) in [4.78, 5) is 27.5. The highest BCUT2D eigenvalue weighted by Crippen LogP contribution is 2.24. The van der Waals surface area contributed by atoms with Gasteiger partial charge in [0.1, 0.15) is 12.4 Å². The maximum atomic E-state index is 13.1. The van der Waals surface area contributed by atoms with Gasteiger partial charge in [-0.2, -0.15) is 5.10 Å². The van der Waals surface area contributed by atoms with Gasteiger partial charge in [-0.25, -0.2) is 0 Å². The molecule has 0 spiro atoms. The molecule has 31 heavy (non-hydrogen) atoms. The first-order valence-electron chi connectivity index (χ1n) is 11.1. The predicted molar refractivity (Wildman–Crippen MR) is 126 cm³/mol. The summed E-state index contributed by atoms with van der Waals surface area (Å²) >= 11 is 0. The number of nitrogens with zero attached hydrogens (tertiary/aromatic N) is 3. The first-order valence-corrected chi connectivity index (χ1v) is 11.1. The second-order valence-corrected chi connectivity index (χ2v) is 10.2. The van der Waals surface area contributed by atoms with Crippen LogP contribution < -0.4 is 5.32 Å². The number of hydrogen-bond acceptors (Lipinski definition) is 3. The van der Waals surface area contributed by atoms with Crippen LogP contribution in [0.15, 0.2) is 30.3 Å². The molecule has 2 rings (SSSR count). The lowest BCUT2D eigenvalue weighted by atomic mass is 9.86. The second kappa shape index (κ2) is 9.67. The van der Waals surface area contributed by atoms with Crippen molar-refractivity contribution in [2.45, 2.75) is 72.1 Å². The lowest BCUT2D eigenvalue weighted by Crippen LogP contribution is -2.39. The Morgan fingerprint density at radius 2 is 1.65 bits per heavy atom. The Balaban J connectivity index is 2.14. The third-order valence-corrected chi connectivity index (χ3v) is 5.32. The zero-order chi connectivity index (χ0) is 23.4. The van der Waals surface area contributed by atoms with Gasteiger partial charge in [0, 0.05) is 30.6 Å². The Hall–Kier alpha value is -2.63. The van der Waals surface area contributed by atoms with Gasteiger partial charge in [-0.05, 0) is 29.5 Å². The van der Waals surface area contributed by atoms with E-state index in [2.05, 4.69) is 58.9 Å². The van der Waals surface area contributed by atoms with Gasteiger partial charge in [-0.1, -0.05) is 67.0 Å². The monoisotopic (exact) mass is 426 g/mol. The molecule has 0 saturated heterocycles. The molecule has 6 nitrogen and oxygen atoms in total. The summed E-state index contributed by atoms with van der Waals surface area (Å²) in [5, 5.41) is 7.41. The lowest BCUT2D eigenvalue weighted by Gasteiger charge is -2.23. The van der Waals surface area contributed by atoms with Crippen LogP contribution in [0, 0.1) is 0 Å². The summed E-state index contributed by atoms with van der Waals surface area (Å²) in [6, 6.07) is 9.60. The highest BCUT2D eigenvalue weighted by molar-refractivity contribution is 5.99. The molecule has 0 saturated carbocycles. The molecular weight excluding hydrogens is 388 g/mol. The van der Waals surface area contributed by atoms with Crippen molar-refractivity contribution in [2.24, 2.45) is 7.05 Å². The first kappa shape index (κ1) is 24.6. The number of nitrogens with one attached hydrogen (secondary N) is 1. The Kier molecular flexibility index (Phi) is 7.68. The average Bonchev–Trinajstić information content (AvgIpc) is 3.04. The van der Waals surface area contributed by atoms with Crippen molar-refractivity contribution in [2.75, 3.05) is 18.4 Å². The van der Waals surface area contributed by atoms with Crippen LogP contribution in [0.1, 0.15) is 82.9 Å². The molecule has 6 heteroatoms. The number of unbranched alkanes of at least 4 members (excludes halogenated alkanes) is 1. The molecule has 170 valence electrons. The number of hydrogen-bond donors (Lipinski definition) is 1. The minimum atomic E-state index is -0.223. The molecule has 0 aliphatic rings. The molecule has 0 aliphatic heterocycles. The van der Waals surface area contributed by atoms with E-state index in [1.165, 1.54) is 5.56 Å². The van der Waals surface area contributed by atoms with E-state index in [0.717, 1.165) is 18.5 Å². The number of amides is 2. The zero-order valence-electron chi connectivity index (χ0n) is 20.4. The molecule has 1 aromatic heterocycles. The fourth-order valence-corrected chi connectivity index (χ4v) is 3.20. The van der Waals surface area contributed by atoms with E-state index in [4.69, 9.17) is 0 Å². The molecule has 0 fully saturated rings. The minimum absolute atomic E-state index is 0.00981. The van der Waals surface area contributed by atoms with Gasteiger partial charge < -0.3 is 10.2 Å². The largest absolute Gasteiger partial charge is 0.329 e. The van der Waals surface area contributed by atoms with E-state index >= 15 is 0 Å². The Morgan fingerprint density at radius 3 is 2.13 bits per heavy atom. The number of aromatic nitrogens is 2. The highest BCUT2D eigenvalue weighted by atomic mass is 16.2. The van der Waals surface area contributed by atoms with E-state index in [1.807, 2.05) is 37.4 Å². The van der Waals surface area contributed by atoms with E-state index in [1.54, 1.807) is 9.58 Å². The van der Waals surface area contributed by atoms with Crippen LogP contribution in [0.25, 0.3) is 0 Å². The number of aryl methyl sites for hydroxylation is 1. The van der Waals surface area contributed by atoms with Crippen LogP contribution in [0.3, 0.4) is 0 Å². The molecule has 0 radical (unpaired) electrons. The molecule has 2 amide bonds. The molecule has 1 heterocycles. The molecular formula is C25H38N4O2. The van der Waals surface area contributed by atoms with Crippen molar-refractivity contribution in [1.82, 2.24) is 14.7 Å².